The molecule has 3 atom stereocenters. The second kappa shape index (κ2) is 10.5. The summed E-state index contributed by atoms with van der Waals surface area (Å²) in [5.74, 6) is -1.38. The zero-order valence-corrected chi connectivity index (χ0v) is 21.3. The number of aromatic nitrogens is 1. The van der Waals surface area contributed by atoms with Gasteiger partial charge in [-0.1, -0.05) is 43.3 Å². The third kappa shape index (κ3) is 4.77. The molecule has 38 heavy (non-hydrogen) atoms. The van der Waals surface area contributed by atoms with Gasteiger partial charge in [0.25, 0.3) is 5.91 Å². The molecule has 2 aliphatic rings. The molecule has 0 radical (unpaired) electrons. The van der Waals surface area contributed by atoms with Crippen molar-refractivity contribution in [2.45, 2.75) is 24.9 Å². The fourth-order valence-corrected chi connectivity index (χ4v) is 5.12. The Balaban J connectivity index is 1.45. The first kappa shape index (κ1) is 25.2. The minimum Gasteiger partial charge on any atom is -0.486 e. The average Bonchev–Trinajstić information content (AvgIpc) is 3.52. The molecule has 5 rings (SSSR count). The van der Waals surface area contributed by atoms with Crippen LogP contribution in [-0.2, 0) is 14.3 Å². The summed E-state index contributed by atoms with van der Waals surface area (Å²) in [4.78, 5) is 57.3. The fourth-order valence-electron chi connectivity index (χ4n) is 4.44. The Hall–Kier alpha value is -4.45. The van der Waals surface area contributed by atoms with Crippen LogP contribution in [0.2, 0.25) is 0 Å². The number of thiazole rings is 1. The lowest BCUT2D eigenvalue weighted by Crippen LogP contribution is -2.50. The highest BCUT2D eigenvalue weighted by molar-refractivity contribution is 7.14. The maximum atomic E-state index is 13.7. The number of fused-ring (bicyclic) bond motifs is 1. The number of benzene rings is 2. The first-order valence-corrected chi connectivity index (χ1v) is 12.7. The number of urea groups is 1. The summed E-state index contributed by atoms with van der Waals surface area (Å²) in [7, 11) is 1.23. The van der Waals surface area contributed by atoms with Crippen LogP contribution in [0.1, 0.15) is 40.5 Å². The quantitative estimate of drug-likeness (QED) is 0.347. The fraction of sp³-hybridized carbons (Fsp3) is 0.269. The van der Waals surface area contributed by atoms with Crippen LogP contribution >= 0.6 is 11.3 Å². The van der Waals surface area contributed by atoms with E-state index in [0.717, 1.165) is 21.8 Å². The van der Waals surface area contributed by atoms with E-state index in [2.05, 4.69) is 20.4 Å². The first-order chi connectivity index (χ1) is 18.4. The molecule has 1 fully saturated rings. The summed E-state index contributed by atoms with van der Waals surface area (Å²) in [5.41, 5.74) is 1.30. The van der Waals surface area contributed by atoms with Crippen LogP contribution in [0.4, 0.5) is 9.93 Å². The molecule has 1 saturated heterocycles. The summed E-state index contributed by atoms with van der Waals surface area (Å²) in [6, 6.07) is 11.2. The standard InChI is InChI=1S/C26H24N4O7S/c1-14(15-6-4-3-5-7-15)21(22(31)29-25-27-17(13-38-25)24(33)35-2)30-23(32)20(28-26(30)34)16-8-9-18-19(12-16)37-11-10-36-18/h3-9,12-14,20-21H,10-11H2,1-2H3,(H,28,34)(H,27,29,31)/t14-,20-,21?/m1/s1. The molecule has 12 heteroatoms. The number of rotatable bonds is 7. The van der Waals surface area contributed by atoms with Crippen molar-refractivity contribution in [1.29, 1.82) is 0 Å². The average molecular weight is 537 g/mol. The molecule has 0 spiro atoms. The summed E-state index contributed by atoms with van der Waals surface area (Å²) in [5, 5.41) is 6.93. The molecule has 1 aromatic heterocycles. The summed E-state index contributed by atoms with van der Waals surface area (Å²) < 4.78 is 15.8. The Morgan fingerprint density at radius 3 is 2.61 bits per heavy atom. The molecule has 196 valence electrons. The van der Waals surface area contributed by atoms with Gasteiger partial charge >= 0.3 is 12.0 Å². The Morgan fingerprint density at radius 2 is 1.87 bits per heavy atom. The van der Waals surface area contributed by atoms with Crippen LogP contribution < -0.4 is 20.1 Å². The number of amides is 4. The lowest BCUT2D eigenvalue weighted by molar-refractivity contribution is -0.134. The van der Waals surface area contributed by atoms with Crippen LogP contribution in [0.3, 0.4) is 0 Å². The van der Waals surface area contributed by atoms with E-state index in [1.54, 1.807) is 25.1 Å². The van der Waals surface area contributed by atoms with E-state index in [1.807, 2.05) is 30.3 Å². The molecule has 3 aromatic rings. The first-order valence-electron chi connectivity index (χ1n) is 11.8. The third-order valence-corrected chi connectivity index (χ3v) is 7.10. The number of carbonyl (C=O) groups is 4. The molecule has 0 bridgehead atoms. The van der Waals surface area contributed by atoms with Crippen molar-refractivity contribution >= 4 is 40.3 Å². The Morgan fingerprint density at radius 1 is 1.13 bits per heavy atom. The van der Waals surface area contributed by atoms with Gasteiger partial charge in [0.15, 0.2) is 22.3 Å². The predicted octanol–water partition coefficient (Wildman–Crippen LogP) is 3.10. The highest BCUT2D eigenvalue weighted by Gasteiger charge is 2.47. The van der Waals surface area contributed by atoms with E-state index in [9.17, 15) is 19.2 Å². The van der Waals surface area contributed by atoms with E-state index >= 15 is 0 Å². The van der Waals surface area contributed by atoms with Crippen LogP contribution in [0, 0.1) is 0 Å². The number of ether oxygens (including phenoxy) is 3. The van der Waals surface area contributed by atoms with Gasteiger partial charge in [0, 0.05) is 11.3 Å². The van der Waals surface area contributed by atoms with E-state index in [4.69, 9.17) is 9.47 Å². The van der Waals surface area contributed by atoms with Gasteiger partial charge in [-0.3, -0.25) is 9.59 Å². The molecule has 0 saturated carbocycles. The molecule has 2 N–H and O–H groups in total. The van der Waals surface area contributed by atoms with Crippen LogP contribution in [0.15, 0.2) is 53.9 Å². The molecular weight excluding hydrogens is 512 g/mol. The van der Waals surface area contributed by atoms with Crippen LogP contribution in [0.5, 0.6) is 11.5 Å². The Kier molecular flexibility index (Phi) is 6.97. The highest BCUT2D eigenvalue weighted by atomic mass is 32.1. The van der Waals surface area contributed by atoms with Gasteiger partial charge in [-0.2, -0.15) is 0 Å². The van der Waals surface area contributed by atoms with Crippen molar-refractivity contribution in [2.24, 2.45) is 0 Å². The second-order valence-corrected chi connectivity index (χ2v) is 9.51. The zero-order valence-electron chi connectivity index (χ0n) is 20.5. The minimum atomic E-state index is -1.21. The zero-order chi connectivity index (χ0) is 26.8. The third-order valence-electron chi connectivity index (χ3n) is 6.35. The number of methoxy groups -OCH3 is 1. The van der Waals surface area contributed by atoms with Crippen molar-refractivity contribution in [3.63, 3.8) is 0 Å². The van der Waals surface area contributed by atoms with Crippen molar-refractivity contribution < 1.29 is 33.4 Å². The normalized spacial score (nSPS) is 17.9. The Labute approximate surface area is 221 Å². The van der Waals surface area contributed by atoms with Gasteiger partial charge in [-0.25, -0.2) is 19.5 Å². The molecule has 3 heterocycles. The van der Waals surface area contributed by atoms with Crippen molar-refractivity contribution in [2.75, 3.05) is 25.6 Å². The summed E-state index contributed by atoms with van der Waals surface area (Å²) in [6.07, 6.45) is 0. The van der Waals surface area contributed by atoms with E-state index in [0.29, 0.717) is 30.3 Å². The summed E-state index contributed by atoms with van der Waals surface area (Å²) >= 11 is 1.03. The van der Waals surface area contributed by atoms with Gasteiger partial charge in [-0.15, -0.1) is 11.3 Å². The smallest absolute Gasteiger partial charge is 0.357 e. The number of nitrogens with zero attached hydrogens (tertiary/aromatic N) is 2. The second-order valence-electron chi connectivity index (χ2n) is 8.66. The molecule has 2 aliphatic heterocycles. The van der Waals surface area contributed by atoms with Gasteiger partial charge in [0.1, 0.15) is 25.3 Å². The number of imide groups is 1. The molecule has 4 amide bonds. The van der Waals surface area contributed by atoms with Gasteiger partial charge < -0.3 is 24.8 Å². The van der Waals surface area contributed by atoms with E-state index in [1.165, 1.54) is 12.5 Å². The number of carbonyl (C=O) groups excluding carboxylic acids is 4. The van der Waals surface area contributed by atoms with Crippen LogP contribution in [-0.4, -0.2) is 60.1 Å². The largest absolute Gasteiger partial charge is 0.486 e. The number of esters is 1. The predicted molar refractivity (Wildman–Crippen MR) is 136 cm³/mol. The highest BCUT2D eigenvalue weighted by Crippen LogP contribution is 2.36. The molecule has 2 aromatic carbocycles. The maximum absolute atomic E-state index is 13.7. The molecule has 11 nitrogen and oxygen atoms in total. The molecule has 1 unspecified atom stereocenters. The monoisotopic (exact) mass is 536 g/mol. The Bertz CT molecular complexity index is 1390. The van der Waals surface area contributed by atoms with Crippen molar-refractivity contribution in [3.05, 3.63) is 70.7 Å². The number of anilines is 1. The maximum Gasteiger partial charge on any atom is 0.357 e. The number of hydrogen-bond acceptors (Lipinski definition) is 9. The molecule has 0 aliphatic carbocycles. The number of nitrogens with one attached hydrogen (secondary N) is 2. The SMILES string of the molecule is COC(=O)c1csc(NC(=O)C([C@H](C)c2ccccc2)N2C(=O)N[C@H](c3ccc4c(c3)OCCO4)C2=O)n1. The van der Waals surface area contributed by atoms with Crippen molar-refractivity contribution in [3.8, 4) is 11.5 Å². The van der Waals surface area contributed by atoms with E-state index < -0.39 is 41.8 Å². The lowest BCUT2D eigenvalue weighted by atomic mass is 9.91. The minimum absolute atomic E-state index is 0.0362. The van der Waals surface area contributed by atoms with Gasteiger partial charge in [0.05, 0.1) is 7.11 Å². The lowest BCUT2D eigenvalue weighted by Gasteiger charge is -2.29. The summed E-state index contributed by atoms with van der Waals surface area (Å²) in [6.45, 7) is 2.56. The van der Waals surface area contributed by atoms with E-state index in [-0.39, 0.29) is 10.8 Å². The van der Waals surface area contributed by atoms with Crippen molar-refractivity contribution in [1.82, 2.24) is 15.2 Å². The molecular formula is C26H24N4O7S. The van der Waals surface area contributed by atoms with Gasteiger partial charge in [-0.05, 0) is 23.3 Å². The topological polar surface area (TPSA) is 136 Å². The van der Waals surface area contributed by atoms with Gasteiger partial charge in [0.2, 0.25) is 5.91 Å². The number of hydrogen-bond donors (Lipinski definition) is 2. The van der Waals surface area contributed by atoms with Crippen LogP contribution in [0.25, 0.3) is 0 Å².